The van der Waals surface area contributed by atoms with Gasteiger partial charge in [-0.25, -0.2) is 4.98 Å². The maximum absolute atomic E-state index is 11.6. The molecular formula is C10H7BrN2O4. The first kappa shape index (κ1) is 13.1. The fourth-order valence-electron chi connectivity index (χ4n) is 1.10. The van der Waals surface area contributed by atoms with Gasteiger partial charge in [0.2, 0.25) is 0 Å². The average molecular weight is 299 g/mol. The smallest absolute Gasteiger partial charge is 0.303 e. The molecule has 0 unspecified atom stereocenters. The van der Waals surface area contributed by atoms with Crippen LogP contribution in [0.5, 0.6) is 5.75 Å². The number of nitriles is 1. The highest BCUT2D eigenvalue weighted by Crippen LogP contribution is 2.28. The molecule has 0 aliphatic carbocycles. The van der Waals surface area contributed by atoms with Gasteiger partial charge in [0.1, 0.15) is 11.8 Å². The number of hydrogen-bond acceptors (Lipinski definition) is 5. The van der Waals surface area contributed by atoms with E-state index >= 15 is 0 Å². The second-order valence-electron chi connectivity index (χ2n) is 3.12. The fourth-order valence-corrected chi connectivity index (χ4v) is 1.50. The summed E-state index contributed by atoms with van der Waals surface area (Å²) in [5.74, 6) is -2.13. The molecule has 1 aromatic heterocycles. The number of rotatable bonds is 4. The Morgan fingerprint density at radius 1 is 1.47 bits per heavy atom. The molecule has 0 spiro atoms. The second-order valence-corrected chi connectivity index (χ2v) is 3.97. The number of carboxylic acids is 1. The largest absolute Gasteiger partial charge is 0.504 e. The highest BCUT2D eigenvalue weighted by atomic mass is 79.9. The fraction of sp³-hybridized carbons (Fsp3) is 0.200. The highest BCUT2D eigenvalue weighted by Gasteiger charge is 2.18. The van der Waals surface area contributed by atoms with Crippen LogP contribution in [0.3, 0.4) is 0 Å². The first-order valence-corrected chi connectivity index (χ1v) is 5.29. The molecule has 0 aliphatic rings. The maximum Gasteiger partial charge on any atom is 0.303 e. The summed E-state index contributed by atoms with van der Waals surface area (Å²) in [7, 11) is 0. The van der Waals surface area contributed by atoms with E-state index in [1.54, 1.807) is 6.07 Å². The third-order valence-corrected chi connectivity index (χ3v) is 2.50. The van der Waals surface area contributed by atoms with Gasteiger partial charge in [-0.05, 0) is 22.0 Å². The van der Waals surface area contributed by atoms with Crippen LogP contribution in [0.25, 0.3) is 0 Å². The molecule has 1 aromatic rings. The van der Waals surface area contributed by atoms with E-state index in [0.717, 1.165) is 0 Å². The van der Waals surface area contributed by atoms with Gasteiger partial charge < -0.3 is 10.2 Å². The molecule has 2 N–H and O–H groups in total. The van der Waals surface area contributed by atoms with Gasteiger partial charge in [-0.3, -0.25) is 9.59 Å². The summed E-state index contributed by atoms with van der Waals surface area (Å²) in [5, 5.41) is 26.7. The molecule has 0 saturated carbocycles. The van der Waals surface area contributed by atoms with E-state index in [-0.39, 0.29) is 34.5 Å². The lowest BCUT2D eigenvalue weighted by Crippen LogP contribution is -2.07. The van der Waals surface area contributed by atoms with Crippen LogP contribution in [-0.2, 0) is 4.79 Å². The third-order valence-electron chi connectivity index (χ3n) is 1.89. The molecule has 0 fully saturated rings. The Morgan fingerprint density at radius 2 is 2.12 bits per heavy atom. The molecule has 1 heterocycles. The lowest BCUT2D eigenvalue weighted by atomic mass is 10.1. The van der Waals surface area contributed by atoms with Gasteiger partial charge in [0, 0.05) is 6.42 Å². The Hall–Kier alpha value is -1.94. The zero-order valence-electron chi connectivity index (χ0n) is 8.47. The monoisotopic (exact) mass is 298 g/mol. The summed E-state index contributed by atoms with van der Waals surface area (Å²) in [6, 6.07) is 3.00. The molecule has 0 aromatic carbocycles. The first-order valence-electron chi connectivity index (χ1n) is 4.50. The van der Waals surface area contributed by atoms with E-state index in [2.05, 4.69) is 20.9 Å². The van der Waals surface area contributed by atoms with Crippen LogP contribution in [0.2, 0.25) is 0 Å². The van der Waals surface area contributed by atoms with Gasteiger partial charge in [-0.15, -0.1) is 0 Å². The quantitative estimate of drug-likeness (QED) is 0.814. The van der Waals surface area contributed by atoms with E-state index in [4.69, 9.17) is 10.4 Å². The van der Waals surface area contributed by atoms with E-state index in [1.165, 1.54) is 6.07 Å². The average Bonchev–Trinajstić information content (AvgIpc) is 2.29. The van der Waals surface area contributed by atoms with Crippen LogP contribution in [0.4, 0.5) is 0 Å². The minimum atomic E-state index is -1.12. The first-order chi connectivity index (χ1) is 7.95. The van der Waals surface area contributed by atoms with Gasteiger partial charge in [-0.1, -0.05) is 0 Å². The highest BCUT2D eigenvalue weighted by molar-refractivity contribution is 9.10. The van der Waals surface area contributed by atoms with Crippen molar-refractivity contribution in [3.8, 4) is 11.8 Å². The summed E-state index contributed by atoms with van der Waals surface area (Å²) in [6.45, 7) is 0. The number of Topliss-reactive ketones (excluding diaryl/α,β-unsaturated/α-hetero) is 1. The molecule has 88 valence electrons. The summed E-state index contributed by atoms with van der Waals surface area (Å²) >= 11 is 2.98. The molecule has 0 amide bonds. The van der Waals surface area contributed by atoms with Crippen molar-refractivity contribution in [3.63, 3.8) is 0 Å². The maximum atomic E-state index is 11.6. The summed E-state index contributed by atoms with van der Waals surface area (Å²) in [6.07, 6.45) is -0.633. The Morgan fingerprint density at radius 3 is 2.65 bits per heavy atom. The molecule has 0 radical (unpaired) electrons. The number of pyridine rings is 1. The van der Waals surface area contributed by atoms with Crippen LogP contribution in [0.1, 0.15) is 29.0 Å². The summed E-state index contributed by atoms with van der Waals surface area (Å²) in [4.78, 5) is 25.5. The number of nitrogens with zero attached hydrogens (tertiary/aromatic N) is 2. The van der Waals surface area contributed by atoms with Gasteiger partial charge >= 0.3 is 5.97 Å². The van der Waals surface area contributed by atoms with Crippen molar-refractivity contribution in [2.24, 2.45) is 0 Å². The summed E-state index contributed by atoms with van der Waals surface area (Å²) < 4.78 is 0.169. The second kappa shape index (κ2) is 5.41. The number of hydrogen-bond donors (Lipinski definition) is 2. The minimum Gasteiger partial charge on any atom is -0.504 e. The van der Waals surface area contributed by atoms with Crippen molar-refractivity contribution in [2.45, 2.75) is 12.8 Å². The van der Waals surface area contributed by atoms with Crippen LogP contribution >= 0.6 is 15.9 Å². The normalized spacial score (nSPS) is 9.65. The predicted molar refractivity (Wildman–Crippen MR) is 59.5 cm³/mol. The number of carboxylic acid groups (broad SMARTS) is 1. The molecule has 0 saturated heterocycles. The minimum absolute atomic E-state index is 0.0339. The lowest BCUT2D eigenvalue weighted by Gasteiger charge is -2.04. The third kappa shape index (κ3) is 3.26. The topological polar surface area (TPSA) is 111 Å². The molecule has 6 nitrogen and oxygen atoms in total. The van der Waals surface area contributed by atoms with Crippen molar-refractivity contribution >= 4 is 27.7 Å². The molecule has 17 heavy (non-hydrogen) atoms. The SMILES string of the molecule is N#Cc1cc(Br)c(O)c(C(=O)CCC(=O)O)n1. The zero-order chi connectivity index (χ0) is 13.0. The van der Waals surface area contributed by atoms with Gasteiger partial charge in [0.15, 0.2) is 17.2 Å². The summed E-state index contributed by atoms with van der Waals surface area (Å²) in [5.41, 5.74) is -0.328. The van der Waals surface area contributed by atoms with Crippen molar-refractivity contribution in [1.29, 1.82) is 5.26 Å². The molecule has 7 heteroatoms. The Bertz CT molecular complexity index is 522. The van der Waals surface area contributed by atoms with Crippen molar-refractivity contribution in [2.75, 3.05) is 0 Å². The van der Waals surface area contributed by atoms with Gasteiger partial charge in [0.05, 0.1) is 10.9 Å². The number of halogens is 1. The van der Waals surface area contributed by atoms with Crippen LogP contribution in [-0.4, -0.2) is 26.9 Å². The Kier molecular flexibility index (Phi) is 4.17. The molecular weight excluding hydrogens is 292 g/mol. The number of aromatic hydroxyl groups is 1. The van der Waals surface area contributed by atoms with Crippen molar-refractivity contribution in [1.82, 2.24) is 4.98 Å². The number of aromatic nitrogens is 1. The van der Waals surface area contributed by atoms with Crippen molar-refractivity contribution in [3.05, 3.63) is 21.9 Å². The van der Waals surface area contributed by atoms with Gasteiger partial charge in [-0.2, -0.15) is 5.26 Å². The van der Waals surface area contributed by atoms with Gasteiger partial charge in [0.25, 0.3) is 0 Å². The molecule has 0 aliphatic heterocycles. The van der Waals surface area contributed by atoms with Crippen LogP contribution < -0.4 is 0 Å². The van der Waals surface area contributed by atoms with Crippen LogP contribution in [0.15, 0.2) is 10.5 Å². The Balaban J connectivity index is 3.05. The molecule has 0 bridgehead atoms. The Labute approximate surface area is 105 Å². The standard InChI is InChI=1S/C10H7BrN2O4/c11-6-3-5(4-12)13-9(10(6)17)7(14)1-2-8(15)16/h3,17H,1-2H2,(H,15,16). The number of carbonyl (C=O) groups excluding carboxylic acids is 1. The van der Waals surface area contributed by atoms with E-state index in [1.807, 2.05) is 0 Å². The predicted octanol–water partition coefficient (Wildman–Crippen LogP) is 1.47. The van der Waals surface area contributed by atoms with E-state index in [0.29, 0.717) is 0 Å². The zero-order valence-corrected chi connectivity index (χ0v) is 10.1. The number of aliphatic carboxylic acids is 1. The van der Waals surface area contributed by atoms with E-state index < -0.39 is 11.8 Å². The molecule has 1 rings (SSSR count). The lowest BCUT2D eigenvalue weighted by molar-refractivity contribution is -0.136. The van der Waals surface area contributed by atoms with Crippen LogP contribution in [0, 0.1) is 11.3 Å². The number of ketones is 1. The number of carbonyl (C=O) groups is 2. The molecule has 0 atom stereocenters. The van der Waals surface area contributed by atoms with Crippen molar-refractivity contribution < 1.29 is 19.8 Å². The van der Waals surface area contributed by atoms with E-state index in [9.17, 15) is 14.7 Å².